The van der Waals surface area contributed by atoms with Gasteiger partial charge in [0.05, 0.1) is 16.6 Å². The summed E-state index contributed by atoms with van der Waals surface area (Å²) in [5.41, 5.74) is 0.266. The molecule has 0 bridgehead atoms. The maximum absolute atomic E-state index is 13.6. The van der Waals surface area contributed by atoms with Crippen molar-refractivity contribution in [3.63, 3.8) is 0 Å². The molecule has 0 saturated heterocycles. The third-order valence-electron chi connectivity index (χ3n) is 2.49. The van der Waals surface area contributed by atoms with E-state index in [-0.39, 0.29) is 5.69 Å². The second kappa shape index (κ2) is 6.16. The molecular weight excluding hydrogens is 333 g/mol. The Morgan fingerprint density at radius 2 is 2.11 bits per heavy atom. The highest BCUT2D eigenvalue weighted by Gasteiger charge is 2.23. The Bertz CT molecular complexity index is 588. The Morgan fingerprint density at radius 1 is 1.37 bits per heavy atom. The van der Waals surface area contributed by atoms with Gasteiger partial charge in [0.25, 0.3) is 0 Å². The number of benzene rings is 1. The molecule has 2 rings (SSSR count). The molecular formula is C13H11BrFNO2S. The normalized spacial score (nSPS) is 11.9. The molecule has 100 valence electrons. The average molecular weight is 344 g/mol. The monoisotopic (exact) mass is 343 g/mol. The van der Waals surface area contributed by atoms with Crippen molar-refractivity contribution in [1.82, 2.24) is 0 Å². The van der Waals surface area contributed by atoms with Gasteiger partial charge in [-0.25, -0.2) is 9.18 Å². The first kappa shape index (κ1) is 14.0. The minimum Gasteiger partial charge on any atom is -0.467 e. The number of hydrogen-bond acceptors (Lipinski definition) is 4. The van der Waals surface area contributed by atoms with Gasteiger partial charge in [0.15, 0.2) is 6.04 Å². The largest absolute Gasteiger partial charge is 0.467 e. The highest BCUT2D eigenvalue weighted by molar-refractivity contribution is 9.11. The van der Waals surface area contributed by atoms with Crippen LogP contribution in [0.2, 0.25) is 0 Å². The summed E-state index contributed by atoms with van der Waals surface area (Å²) in [6, 6.07) is 9.11. The second-order valence-corrected chi connectivity index (χ2v) is 6.22. The van der Waals surface area contributed by atoms with E-state index in [1.807, 2.05) is 6.07 Å². The van der Waals surface area contributed by atoms with E-state index in [0.717, 1.165) is 8.66 Å². The number of para-hydroxylation sites is 1. The number of esters is 1. The number of anilines is 1. The standard InChI is InChI=1S/C13H11BrFNO2S/c1-18-13(17)12(10-6-7-11(14)19-10)16-9-5-3-2-4-8(9)15/h2-7,12,16H,1H3. The topological polar surface area (TPSA) is 38.3 Å². The third-order valence-corrected chi connectivity index (χ3v) is 4.18. The maximum Gasteiger partial charge on any atom is 0.333 e. The average Bonchev–Trinajstić information content (AvgIpc) is 2.83. The molecule has 1 atom stereocenters. The molecule has 0 spiro atoms. The van der Waals surface area contributed by atoms with Crippen LogP contribution in [0.3, 0.4) is 0 Å². The van der Waals surface area contributed by atoms with Crippen LogP contribution in [0, 0.1) is 5.82 Å². The van der Waals surface area contributed by atoms with Gasteiger partial charge in [-0.2, -0.15) is 0 Å². The van der Waals surface area contributed by atoms with Crippen molar-refractivity contribution < 1.29 is 13.9 Å². The summed E-state index contributed by atoms with van der Waals surface area (Å²) in [6.07, 6.45) is 0. The Labute approximate surface area is 122 Å². The van der Waals surface area contributed by atoms with Gasteiger partial charge in [0, 0.05) is 4.88 Å². The highest BCUT2D eigenvalue weighted by atomic mass is 79.9. The van der Waals surface area contributed by atoms with Crippen molar-refractivity contribution in [3.05, 3.63) is 50.9 Å². The maximum atomic E-state index is 13.6. The molecule has 0 radical (unpaired) electrons. The molecule has 19 heavy (non-hydrogen) atoms. The molecule has 3 nitrogen and oxygen atoms in total. The molecule has 1 aromatic carbocycles. The van der Waals surface area contributed by atoms with Gasteiger partial charge >= 0.3 is 5.97 Å². The lowest BCUT2D eigenvalue weighted by Crippen LogP contribution is -2.21. The van der Waals surface area contributed by atoms with E-state index in [0.29, 0.717) is 0 Å². The van der Waals surface area contributed by atoms with E-state index in [2.05, 4.69) is 21.2 Å². The fourth-order valence-electron chi connectivity index (χ4n) is 1.58. The first-order valence-corrected chi connectivity index (χ1v) is 7.07. The lowest BCUT2D eigenvalue weighted by atomic mass is 10.2. The van der Waals surface area contributed by atoms with Crippen molar-refractivity contribution in [3.8, 4) is 0 Å². The van der Waals surface area contributed by atoms with Crippen LogP contribution in [0.15, 0.2) is 40.2 Å². The molecule has 0 aliphatic carbocycles. The Morgan fingerprint density at radius 3 is 2.68 bits per heavy atom. The first-order valence-electron chi connectivity index (χ1n) is 5.46. The zero-order chi connectivity index (χ0) is 13.8. The number of thiophene rings is 1. The summed E-state index contributed by atoms with van der Waals surface area (Å²) in [4.78, 5) is 12.6. The molecule has 6 heteroatoms. The highest BCUT2D eigenvalue weighted by Crippen LogP contribution is 2.30. The summed E-state index contributed by atoms with van der Waals surface area (Å²) in [6.45, 7) is 0. The summed E-state index contributed by atoms with van der Waals surface area (Å²) in [5.74, 6) is -0.871. The number of carbonyl (C=O) groups is 1. The molecule has 0 saturated carbocycles. The van der Waals surface area contributed by atoms with Crippen LogP contribution < -0.4 is 5.32 Å². The summed E-state index contributed by atoms with van der Waals surface area (Å²) in [7, 11) is 1.31. The minimum absolute atomic E-state index is 0.266. The molecule has 0 aliphatic rings. The molecule has 1 aromatic heterocycles. The van der Waals surface area contributed by atoms with Crippen molar-refractivity contribution >= 4 is 38.9 Å². The van der Waals surface area contributed by atoms with E-state index in [1.54, 1.807) is 24.3 Å². The van der Waals surface area contributed by atoms with Crippen LogP contribution >= 0.6 is 27.3 Å². The van der Waals surface area contributed by atoms with E-state index < -0.39 is 17.8 Å². The van der Waals surface area contributed by atoms with Gasteiger partial charge < -0.3 is 10.1 Å². The SMILES string of the molecule is COC(=O)C(Nc1ccccc1F)c1ccc(Br)s1. The third kappa shape index (κ3) is 3.33. The van der Waals surface area contributed by atoms with Gasteiger partial charge in [-0.3, -0.25) is 0 Å². The predicted octanol–water partition coefficient (Wildman–Crippen LogP) is 3.98. The molecule has 1 N–H and O–H groups in total. The number of rotatable bonds is 4. The van der Waals surface area contributed by atoms with Crippen LogP contribution in [-0.4, -0.2) is 13.1 Å². The van der Waals surface area contributed by atoms with E-state index in [1.165, 1.54) is 24.5 Å². The van der Waals surface area contributed by atoms with Crippen LogP contribution in [0.4, 0.5) is 10.1 Å². The van der Waals surface area contributed by atoms with Gasteiger partial charge in [-0.05, 0) is 40.2 Å². The molecule has 0 aliphatic heterocycles. The number of methoxy groups -OCH3 is 1. The number of nitrogens with one attached hydrogen (secondary N) is 1. The minimum atomic E-state index is -0.724. The number of carbonyl (C=O) groups excluding carboxylic acids is 1. The molecule has 2 aromatic rings. The van der Waals surface area contributed by atoms with E-state index in [9.17, 15) is 9.18 Å². The molecule has 0 amide bonds. The van der Waals surface area contributed by atoms with Crippen LogP contribution in [0.5, 0.6) is 0 Å². The number of hydrogen-bond donors (Lipinski definition) is 1. The lowest BCUT2D eigenvalue weighted by molar-refractivity contribution is -0.141. The second-order valence-electron chi connectivity index (χ2n) is 3.72. The van der Waals surface area contributed by atoms with Crippen molar-refractivity contribution in [2.24, 2.45) is 0 Å². The molecule has 1 heterocycles. The van der Waals surface area contributed by atoms with Crippen LogP contribution in [0.1, 0.15) is 10.9 Å². The Balaban J connectivity index is 2.29. The van der Waals surface area contributed by atoms with Crippen LogP contribution in [0.25, 0.3) is 0 Å². The summed E-state index contributed by atoms with van der Waals surface area (Å²) < 4.78 is 19.3. The molecule has 1 unspecified atom stereocenters. The number of halogens is 2. The van der Waals surface area contributed by atoms with Gasteiger partial charge in [-0.1, -0.05) is 12.1 Å². The Kier molecular flexibility index (Phi) is 4.55. The zero-order valence-corrected chi connectivity index (χ0v) is 12.4. The first-order chi connectivity index (χ1) is 9.11. The smallest absolute Gasteiger partial charge is 0.333 e. The van der Waals surface area contributed by atoms with Gasteiger partial charge in [0.2, 0.25) is 0 Å². The van der Waals surface area contributed by atoms with Crippen molar-refractivity contribution in [2.45, 2.75) is 6.04 Å². The number of ether oxygens (including phenoxy) is 1. The molecule has 0 fully saturated rings. The fourth-order valence-corrected chi connectivity index (χ4v) is 3.04. The van der Waals surface area contributed by atoms with Crippen molar-refractivity contribution in [2.75, 3.05) is 12.4 Å². The summed E-state index contributed by atoms with van der Waals surface area (Å²) >= 11 is 4.73. The van der Waals surface area contributed by atoms with E-state index >= 15 is 0 Å². The van der Waals surface area contributed by atoms with Gasteiger partial charge in [0.1, 0.15) is 5.82 Å². The fraction of sp³-hybridized carbons (Fsp3) is 0.154. The quantitative estimate of drug-likeness (QED) is 0.853. The summed E-state index contributed by atoms with van der Waals surface area (Å²) in [5, 5.41) is 2.87. The predicted molar refractivity (Wildman–Crippen MR) is 76.8 cm³/mol. The van der Waals surface area contributed by atoms with E-state index in [4.69, 9.17) is 4.74 Å². The lowest BCUT2D eigenvalue weighted by Gasteiger charge is -2.16. The zero-order valence-electron chi connectivity index (χ0n) is 10.0. The van der Waals surface area contributed by atoms with Crippen molar-refractivity contribution in [1.29, 1.82) is 0 Å². The van der Waals surface area contributed by atoms with Gasteiger partial charge in [-0.15, -0.1) is 11.3 Å². The van der Waals surface area contributed by atoms with Crippen LogP contribution in [-0.2, 0) is 9.53 Å². The Hall–Kier alpha value is -1.40.